The van der Waals surface area contributed by atoms with Crippen LogP contribution in [0, 0.1) is 5.92 Å². The van der Waals surface area contributed by atoms with Gasteiger partial charge in [-0.1, -0.05) is 12.5 Å². The first-order chi connectivity index (χ1) is 10.5. The van der Waals surface area contributed by atoms with Crippen molar-refractivity contribution in [3.8, 4) is 11.5 Å². The molecule has 1 saturated heterocycles. The zero-order chi connectivity index (χ0) is 15.7. The molecule has 1 aromatic rings. The average Bonchev–Trinajstić information content (AvgIpc) is 2.47. The Morgan fingerprint density at radius 3 is 2.23 bits per heavy atom. The molecule has 1 saturated carbocycles. The second-order valence-corrected chi connectivity index (χ2v) is 5.89. The number of carbonyl (C=O) groups excluding carboxylic acids is 2. The van der Waals surface area contributed by atoms with Gasteiger partial charge in [0.05, 0.1) is 0 Å². The van der Waals surface area contributed by atoms with Crippen molar-refractivity contribution >= 4 is 11.9 Å². The van der Waals surface area contributed by atoms with Crippen molar-refractivity contribution in [2.45, 2.75) is 44.3 Å². The zero-order valence-electron chi connectivity index (χ0n) is 12.1. The third kappa shape index (κ3) is 2.73. The van der Waals surface area contributed by atoms with Crippen LogP contribution in [0.4, 0.5) is 0 Å². The average molecular weight is 306 g/mol. The summed E-state index contributed by atoms with van der Waals surface area (Å²) in [6.45, 7) is 0. The lowest BCUT2D eigenvalue weighted by Gasteiger charge is -2.40. The summed E-state index contributed by atoms with van der Waals surface area (Å²) in [7, 11) is 0. The van der Waals surface area contributed by atoms with Crippen molar-refractivity contribution in [1.82, 2.24) is 0 Å². The van der Waals surface area contributed by atoms with Gasteiger partial charge in [0.25, 0.3) is 5.79 Å². The molecule has 1 aliphatic carbocycles. The summed E-state index contributed by atoms with van der Waals surface area (Å²) in [4.78, 5) is 24.4. The first-order valence-electron chi connectivity index (χ1n) is 7.46. The third-order valence-electron chi connectivity index (χ3n) is 4.24. The summed E-state index contributed by atoms with van der Waals surface area (Å²) in [6.07, 6.45) is 3.97. The van der Waals surface area contributed by atoms with E-state index in [-0.39, 0.29) is 17.9 Å². The number of aromatic hydroxyl groups is 2. The van der Waals surface area contributed by atoms with Crippen LogP contribution in [0.5, 0.6) is 11.5 Å². The van der Waals surface area contributed by atoms with Crippen LogP contribution in [0.25, 0.3) is 0 Å². The number of esters is 2. The Labute approximate surface area is 127 Å². The topological polar surface area (TPSA) is 93.1 Å². The van der Waals surface area contributed by atoms with E-state index in [2.05, 4.69) is 0 Å². The molecule has 2 aliphatic rings. The number of hydrogen-bond donors (Lipinski definition) is 2. The predicted octanol–water partition coefficient (Wildman–Crippen LogP) is 2.02. The number of ether oxygens (including phenoxy) is 2. The lowest BCUT2D eigenvalue weighted by atomic mass is 9.91. The largest absolute Gasteiger partial charge is 0.504 e. The van der Waals surface area contributed by atoms with Crippen molar-refractivity contribution in [2.75, 3.05) is 0 Å². The highest BCUT2D eigenvalue weighted by Crippen LogP contribution is 2.38. The van der Waals surface area contributed by atoms with E-state index in [1.165, 1.54) is 12.1 Å². The van der Waals surface area contributed by atoms with Crippen molar-refractivity contribution in [3.05, 3.63) is 23.8 Å². The second kappa shape index (κ2) is 5.51. The highest BCUT2D eigenvalue weighted by Gasteiger charge is 2.49. The highest BCUT2D eigenvalue weighted by molar-refractivity contribution is 5.97. The number of phenols is 2. The maximum atomic E-state index is 12.2. The van der Waals surface area contributed by atoms with Gasteiger partial charge in [-0.05, 0) is 37.0 Å². The van der Waals surface area contributed by atoms with E-state index in [0.29, 0.717) is 18.4 Å². The minimum absolute atomic E-state index is 0.0710. The van der Waals surface area contributed by atoms with Gasteiger partial charge in [0.2, 0.25) is 0 Å². The Morgan fingerprint density at radius 2 is 1.64 bits per heavy atom. The molecule has 118 valence electrons. The van der Waals surface area contributed by atoms with Crippen molar-refractivity contribution in [2.24, 2.45) is 5.92 Å². The number of phenolic OH excluding ortho intramolecular Hbond substituents is 2. The SMILES string of the molecule is O=C1OC2(CCCCC2)OC(=O)C1Cc1ccc(O)c(O)c1. The molecule has 0 radical (unpaired) electrons. The molecule has 2 N–H and O–H groups in total. The van der Waals surface area contributed by atoms with E-state index >= 15 is 0 Å². The Morgan fingerprint density at radius 1 is 1.00 bits per heavy atom. The number of rotatable bonds is 2. The van der Waals surface area contributed by atoms with Crippen LogP contribution in [-0.2, 0) is 25.5 Å². The molecule has 0 atom stereocenters. The molecule has 2 fully saturated rings. The molecule has 1 aliphatic heterocycles. The smallest absolute Gasteiger partial charge is 0.323 e. The molecule has 3 rings (SSSR count). The van der Waals surface area contributed by atoms with Crippen LogP contribution in [0.3, 0.4) is 0 Å². The number of hydrogen-bond acceptors (Lipinski definition) is 6. The molecule has 0 amide bonds. The highest BCUT2D eigenvalue weighted by atomic mass is 16.7. The Bertz CT molecular complexity index is 583. The summed E-state index contributed by atoms with van der Waals surface area (Å²) in [5.74, 6) is -3.80. The van der Waals surface area contributed by atoms with Crippen LogP contribution >= 0.6 is 0 Å². The predicted molar refractivity (Wildman–Crippen MR) is 75.0 cm³/mol. The summed E-state index contributed by atoms with van der Waals surface area (Å²) >= 11 is 0. The quantitative estimate of drug-likeness (QED) is 0.493. The minimum Gasteiger partial charge on any atom is -0.504 e. The van der Waals surface area contributed by atoms with Crippen LogP contribution in [0.1, 0.15) is 37.7 Å². The van der Waals surface area contributed by atoms with Gasteiger partial charge in [-0.2, -0.15) is 0 Å². The molecule has 22 heavy (non-hydrogen) atoms. The van der Waals surface area contributed by atoms with E-state index in [1.54, 1.807) is 6.07 Å². The molecular weight excluding hydrogens is 288 g/mol. The van der Waals surface area contributed by atoms with Crippen molar-refractivity contribution in [1.29, 1.82) is 0 Å². The zero-order valence-corrected chi connectivity index (χ0v) is 12.1. The van der Waals surface area contributed by atoms with Crippen LogP contribution in [0.2, 0.25) is 0 Å². The Balaban J connectivity index is 1.74. The molecule has 6 nitrogen and oxygen atoms in total. The van der Waals surface area contributed by atoms with E-state index in [1.807, 2.05) is 0 Å². The normalized spacial score (nSPS) is 21.5. The fraction of sp³-hybridized carbons (Fsp3) is 0.500. The van der Waals surface area contributed by atoms with Gasteiger partial charge in [0.1, 0.15) is 0 Å². The van der Waals surface area contributed by atoms with Crippen LogP contribution in [0.15, 0.2) is 18.2 Å². The first kappa shape index (κ1) is 14.7. The van der Waals surface area contributed by atoms with E-state index in [4.69, 9.17) is 9.47 Å². The molecule has 1 spiro atoms. The standard InChI is InChI=1S/C16H18O6/c17-12-5-4-10(9-13(12)18)8-11-14(19)21-16(22-15(11)20)6-2-1-3-7-16/h4-5,9,11,17-18H,1-3,6-8H2. The first-order valence-corrected chi connectivity index (χ1v) is 7.46. The summed E-state index contributed by atoms with van der Waals surface area (Å²) in [6, 6.07) is 4.17. The fourth-order valence-electron chi connectivity index (χ4n) is 3.02. The molecule has 6 heteroatoms. The fourth-order valence-corrected chi connectivity index (χ4v) is 3.02. The lowest BCUT2D eigenvalue weighted by Crippen LogP contribution is -2.51. The molecule has 0 bridgehead atoms. The third-order valence-corrected chi connectivity index (χ3v) is 4.24. The van der Waals surface area contributed by atoms with Gasteiger partial charge in [0, 0.05) is 12.8 Å². The number of benzene rings is 1. The molecule has 1 aromatic carbocycles. The van der Waals surface area contributed by atoms with Crippen LogP contribution < -0.4 is 0 Å². The van der Waals surface area contributed by atoms with Gasteiger partial charge in [0.15, 0.2) is 17.4 Å². The van der Waals surface area contributed by atoms with E-state index < -0.39 is 23.6 Å². The lowest BCUT2D eigenvalue weighted by molar-refractivity contribution is -0.260. The summed E-state index contributed by atoms with van der Waals surface area (Å²) < 4.78 is 10.9. The monoisotopic (exact) mass is 306 g/mol. The van der Waals surface area contributed by atoms with Crippen molar-refractivity contribution in [3.63, 3.8) is 0 Å². The molecule has 0 aromatic heterocycles. The Hall–Kier alpha value is -2.24. The van der Waals surface area contributed by atoms with Crippen molar-refractivity contribution < 1.29 is 29.3 Å². The summed E-state index contributed by atoms with van der Waals surface area (Å²) in [5.41, 5.74) is 0.550. The van der Waals surface area contributed by atoms with Gasteiger partial charge >= 0.3 is 11.9 Å². The maximum Gasteiger partial charge on any atom is 0.323 e. The molecule has 1 heterocycles. The number of carbonyl (C=O) groups is 2. The summed E-state index contributed by atoms with van der Waals surface area (Å²) in [5, 5.41) is 18.8. The molecular formula is C16H18O6. The van der Waals surface area contributed by atoms with E-state index in [0.717, 1.165) is 19.3 Å². The van der Waals surface area contributed by atoms with Gasteiger partial charge in [-0.25, -0.2) is 0 Å². The molecule has 0 unspecified atom stereocenters. The van der Waals surface area contributed by atoms with Crippen LogP contribution in [-0.4, -0.2) is 27.9 Å². The Kier molecular flexibility index (Phi) is 3.68. The second-order valence-electron chi connectivity index (χ2n) is 5.89. The van der Waals surface area contributed by atoms with Gasteiger partial charge < -0.3 is 19.7 Å². The van der Waals surface area contributed by atoms with Gasteiger partial charge in [-0.15, -0.1) is 0 Å². The maximum absolute atomic E-state index is 12.2. The minimum atomic E-state index is -1.07. The van der Waals surface area contributed by atoms with E-state index in [9.17, 15) is 19.8 Å². The van der Waals surface area contributed by atoms with Gasteiger partial charge in [-0.3, -0.25) is 9.59 Å².